The molecule has 1 rings (SSSR count). The van der Waals surface area contributed by atoms with Crippen LogP contribution >= 0.6 is 23.2 Å². The van der Waals surface area contributed by atoms with Crippen LogP contribution in [0.1, 0.15) is 51.6 Å². The Bertz CT molecular complexity index is 421. The van der Waals surface area contributed by atoms with Gasteiger partial charge in [-0.2, -0.15) is 0 Å². The van der Waals surface area contributed by atoms with Crippen LogP contribution in [-0.4, -0.2) is 19.3 Å². The van der Waals surface area contributed by atoms with E-state index in [4.69, 9.17) is 27.9 Å². The Kier molecular flexibility index (Phi) is 7.32. The highest BCUT2D eigenvalue weighted by atomic mass is 35.5. The average molecular weight is 318 g/mol. The standard InChI is InChI=1S/C16H25Cl2NO/c1-5-11-19-14(9-10-16(2,3)20-4)12-7-6-8-13(17)15(12)18/h6-8,14,19H,5,9-11H2,1-4H3. The number of rotatable bonds is 8. The molecule has 0 spiro atoms. The molecule has 0 bridgehead atoms. The Balaban J connectivity index is 2.86. The van der Waals surface area contributed by atoms with Crippen LogP contribution in [0.25, 0.3) is 0 Å². The second kappa shape index (κ2) is 8.23. The topological polar surface area (TPSA) is 21.3 Å². The lowest BCUT2D eigenvalue weighted by Crippen LogP contribution is -2.28. The lowest BCUT2D eigenvalue weighted by Gasteiger charge is -2.27. The highest BCUT2D eigenvalue weighted by molar-refractivity contribution is 6.42. The summed E-state index contributed by atoms with van der Waals surface area (Å²) in [5, 5.41) is 4.81. The molecule has 0 saturated heterocycles. The lowest BCUT2D eigenvalue weighted by atomic mass is 9.94. The van der Waals surface area contributed by atoms with Crippen LogP contribution in [0.15, 0.2) is 18.2 Å². The Morgan fingerprint density at radius 1 is 1.30 bits per heavy atom. The molecule has 0 aliphatic heterocycles. The van der Waals surface area contributed by atoms with Gasteiger partial charge in [-0.25, -0.2) is 0 Å². The van der Waals surface area contributed by atoms with E-state index in [1.165, 1.54) is 0 Å². The number of benzene rings is 1. The van der Waals surface area contributed by atoms with E-state index < -0.39 is 0 Å². The Morgan fingerprint density at radius 3 is 2.60 bits per heavy atom. The van der Waals surface area contributed by atoms with E-state index in [1.807, 2.05) is 18.2 Å². The van der Waals surface area contributed by atoms with Crippen molar-refractivity contribution < 1.29 is 4.74 Å². The maximum Gasteiger partial charge on any atom is 0.0640 e. The van der Waals surface area contributed by atoms with Crippen LogP contribution in [0.4, 0.5) is 0 Å². The predicted molar refractivity (Wildman–Crippen MR) is 87.8 cm³/mol. The van der Waals surface area contributed by atoms with Gasteiger partial charge in [0.25, 0.3) is 0 Å². The van der Waals surface area contributed by atoms with Gasteiger partial charge >= 0.3 is 0 Å². The zero-order chi connectivity index (χ0) is 15.2. The molecule has 1 N–H and O–H groups in total. The first-order valence-corrected chi connectivity index (χ1v) is 7.89. The van der Waals surface area contributed by atoms with E-state index in [1.54, 1.807) is 7.11 Å². The molecular formula is C16H25Cl2NO. The monoisotopic (exact) mass is 317 g/mol. The quantitative estimate of drug-likeness (QED) is 0.708. The van der Waals surface area contributed by atoms with Gasteiger partial charge in [-0.1, -0.05) is 42.3 Å². The summed E-state index contributed by atoms with van der Waals surface area (Å²) in [6.07, 6.45) is 3.00. The molecule has 1 unspecified atom stereocenters. The summed E-state index contributed by atoms with van der Waals surface area (Å²) >= 11 is 12.5. The summed E-state index contributed by atoms with van der Waals surface area (Å²) in [4.78, 5) is 0. The Morgan fingerprint density at radius 2 is 2.00 bits per heavy atom. The first-order chi connectivity index (χ1) is 9.41. The summed E-state index contributed by atoms with van der Waals surface area (Å²) in [7, 11) is 1.75. The molecular weight excluding hydrogens is 293 g/mol. The van der Waals surface area contributed by atoms with Crippen molar-refractivity contribution in [3.63, 3.8) is 0 Å². The summed E-state index contributed by atoms with van der Waals surface area (Å²) in [5.41, 5.74) is 0.941. The summed E-state index contributed by atoms with van der Waals surface area (Å²) in [6.45, 7) is 7.32. The smallest absolute Gasteiger partial charge is 0.0640 e. The predicted octanol–water partition coefficient (Wildman–Crippen LogP) is 5.24. The molecule has 0 fully saturated rings. The Labute approximate surface area is 132 Å². The molecule has 0 radical (unpaired) electrons. The minimum absolute atomic E-state index is 0.128. The summed E-state index contributed by atoms with van der Waals surface area (Å²) < 4.78 is 5.50. The van der Waals surface area contributed by atoms with Crippen molar-refractivity contribution in [2.24, 2.45) is 0 Å². The average Bonchev–Trinajstić information content (AvgIpc) is 2.43. The third kappa shape index (κ3) is 5.25. The van der Waals surface area contributed by atoms with Crippen LogP contribution in [0.3, 0.4) is 0 Å². The van der Waals surface area contributed by atoms with Gasteiger partial charge in [-0.3, -0.25) is 0 Å². The van der Waals surface area contributed by atoms with Crippen LogP contribution < -0.4 is 5.32 Å². The van der Waals surface area contributed by atoms with Crippen molar-refractivity contribution in [3.05, 3.63) is 33.8 Å². The van der Waals surface area contributed by atoms with E-state index >= 15 is 0 Å². The third-order valence-corrected chi connectivity index (χ3v) is 4.42. The summed E-state index contributed by atoms with van der Waals surface area (Å²) in [5.74, 6) is 0. The molecule has 4 heteroatoms. The van der Waals surface area contributed by atoms with Gasteiger partial charge < -0.3 is 10.1 Å². The van der Waals surface area contributed by atoms with Gasteiger partial charge in [-0.05, 0) is 51.3 Å². The highest BCUT2D eigenvalue weighted by Crippen LogP contribution is 2.33. The van der Waals surface area contributed by atoms with Gasteiger partial charge in [0, 0.05) is 13.2 Å². The van der Waals surface area contributed by atoms with Gasteiger partial charge in [0.05, 0.1) is 15.6 Å². The van der Waals surface area contributed by atoms with Gasteiger partial charge in [0.15, 0.2) is 0 Å². The van der Waals surface area contributed by atoms with Gasteiger partial charge in [0.2, 0.25) is 0 Å². The number of nitrogens with one attached hydrogen (secondary N) is 1. The highest BCUT2D eigenvalue weighted by Gasteiger charge is 2.21. The number of hydrogen-bond acceptors (Lipinski definition) is 2. The lowest BCUT2D eigenvalue weighted by molar-refractivity contribution is 0.0117. The maximum atomic E-state index is 6.35. The maximum absolute atomic E-state index is 6.35. The van der Waals surface area contributed by atoms with Gasteiger partial charge in [-0.15, -0.1) is 0 Å². The minimum atomic E-state index is -0.128. The van der Waals surface area contributed by atoms with Crippen LogP contribution in [0.5, 0.6) is 0 Å². The molecule has 0 aromatic heterocycles. The molecule has 1 aromatic carbocycles. The van der Waals surface area contributed by atoms with Crippen molar-refractivity contribution in [3.8, 4) is 0 Å². The third-order valence-electron chi connectivity index (χ3n) is 3.59. The molecule has 0 amide bonds. The van der Waals surface area contributed by atoms with E-state index in [9.17, 15) is 0 Å². The van der Waals surface area contributed by atoms with Crippen molar-refractivity contribution in [2.75, 3.05) is 13.7 Å². The molecule has 0 aliphatic rings. The molecule has 0 heterocycles. The molecule has 1 atom stereocenters. The molecule has 114 valence electrons. The first-order valence-electron chi connectivity index (χ1n) is 7.13. The zero-order valence-corrected chi connectivity index (χ0v) is 14.3. The Hall–Kier alpha value is -0.280. The fourth-order valence-corrected chi connectivity index (χ4v) is 2.51. The SMILES string of the molecule is CCCNC(CCC(C)(C)OC)c1cccc(Cl)c1Cl. The van der Waals surface area contributed by atoms with E-state index in [0.717, 1.165) is 31.4 Å². The minimum Gasteiger partial charge on any atom is -0.379 e. The van der Waals surface area contributed by atoms with Crippen molar-refractivity contribution >= 4 is 23.2 Å². The first kappa shape index (κ1) is 17.8. The number of halogens is 2. The molecule has 2 nitrogen and oxygen atoms in total. The number of hydrogen-bond donors (Lipinski definition) is 1. The zero-order valence-electron chi connectivity index (χ0n) is 12.8. The van der Waals surface area contributed by atoms with Crippen molar-refractivity contribution in [2.45, 2.75) is 51.7 Å². The van der Waals surface area contributed by atoms with Gasteiger partial charge in [0.1, 0.15) is 0 Å². The molecule has 20 heavy (non-hydrogen) atoms. The fraction of sp³-hybridized carbons (Fsp3) is 0.625. The van der Waals surface area contributed by atoms with Crippen LogP contribution in [0.2, 0.25) is 10.0 Å². The number of ether oxygens (including phenoxy) is 1. The number of methoxy groups -OCH3 is 1. The fourth-order valence-electron chi connectivity index (χ4n) is 2.07. The largest absolute Gasteiger partial charge is 0.379 e. The molecule has 0 saturated carbocycles. The van der Waals surface area contributed by atoms with Crippen molar-refractivity contribution in [1.82, 2.24) is 5.32 Å². The van der Waals surface area contributed by atoms with Crippen molar-refractivity contribution in [1.29, 1.82) is 0 Å². The van der Waals surface area contributed by atoms with E-state index in [2.05, 4.69) is 26.1 Å². The normalized spacial score (nSPS) is 13.5. The molecule has 0 aliphatic carbocycles. The molecule has 1 aromatic rings. The second-order valence-electron chi connectivity index (χ2n) is 5.65. The second-order valence-corrected chi connectivity index (χ2v) is 6.44. The van der Waals surface area contributed by atoms with Crippen LogP contribution in [0, 0.1) is 0 Å². The summed E-state index contributed by atoms with van der Waals surface area (Å²) in [6, 6.07) is 6.02. The van der Waals surface area contributed by atoms with E-state index in [-0.39, 0.29) is 11.6 Å². The van der Waals surface area contributed by atoms with Crippen LogP contribution in [-0.2, 0) is 4.74 Å². The van der Waals surface area contributed by atoms with E-state index in [0.29, 0.717) is 10.0 Å².